The maximum atomic E-state index is 12.6. The average Bonchev–Trinajstić information content (AvgIpc) is 2.70. The van der Waals surface area contributed by atoms with E-state index in [9.17, 15) is 9.59 Å². The van der Waals surface area contributed by atoms with Gasteiger partial charge < -0.3 is 4.74 Å². The van der Waals surface area contributed by atoms with E-state index in [0.717, 1.165) is 36.0 Å². The second-order valence-corrected chi connectivity index (χ2v) is 8.35. The molecule has 3 nitrogen and oxygen atoms in total. The maximum absolute atomic E-state index is 12.6. The van der Waals surface area contributed by atoms with Crippen LogP contribution in [0.1, 0.15) is 76.5 Å². The molecular weight excluding hydrogens is 312 g/mol. The second kappa shape index (κ2) is 6.44. The van der Waals surface area contributed by atoms with E-state index in [2.05, 4.69) is 33.8 Å². The fourth-order valence-electron chi connectivity index (χ4n) is 4.23. The van der Waals surface area contributed by atoms with Crippen molar-refractivity contribution in [2.45, 2.75) is 72.6 Å². The summed E-state index contributed by atoms with van der Waals surface area (Å²) in [5.74, 6) is 0.922. The first kappa shape index (κ1) is 17.9. The van der Waals surface area contributed by atoms with Crippen LogP contribution in [0.3, 0.4) is 0 Å². The van der Waals surface area contributed by atoms with E-state index < -0.39 is 0 Å². The zero-order valence-corrected chi connectivity index (χ0v) is 16.0. The van der Waals surface area contributed by atoms with Crippen LogP contribution < -0.4 is 4.74 Å². The number of esters is 1. The monoisotopic (exact) mass is 340 g/mol. The lowest BCUT2D eigenvalue weighted by molar-refractivity contribution is -0.132. The Morgan fingerprint density at radius 1 is 1.12 bits per heavy atom. The molecule has 134 valence electrons. The maximum Gasteiger partial charge on any atom is 0.308 e. The van der Waals surface area contributed by atoms with E-state index in [1.54, 1.807) is 0 Å². The van der Waals surface area contributed by atoms with Crippen molar-refractivity contribution in [1.29, 1.82) is 0 Å². The summed E-state index contributed by atoms with van der Waals surface area (Å²) in [6.07, 6.45) is 4.15. The first-order valence-electron chi connectivity index (χ1n) is 9.29. The van der Waals surface area contributed by atoms with Crippen LogP contribution in [0, 0.1) is 5.41 Å². The summed E-state index contributed by atoms with van der Waals surface area (Å²) < 4.78 is 5.48. The van der Waals surface area contributed by atoms with Gasteiger partial charge in [0.1, 0.15) is 5.75 Å². The van der Waals surface area contributed by atoms with E-state index in [1.807, 2.05) is 6.07 Å². The van der Waals surface area contributed by atoms with Crippen LogP contribution in [0.15, 0.2) is 23.3 Å². The molecule has 0 aliphatic heterocycles. The molecule has 2 aliphatic rings. The Morgan fingerprint density at radius 3 is 2.48 bits per heavy atom. The van der Waals surface area contributed by atoms with E-state index >= 15 is 0 Å². The number of aryl methyl sites for hydroxylation is 1. The topological polar surface area (TPSA) is 43.4 Å². The zero-order valence-electron chi connectivity index (χ0n) is 16.0. The molecule has 0 heterocycles. The van der Waals surface area contributed by atoms with Crippen LogP contribution in [0.4, 0.5) is 0 Å². The highest BCUT2D eigenvalue weighted by Gasteiger charge is 2.35. The Balaban J connectivity index is 2.08. The summed E-state index contributed by atoms with van der Waals surface area (Å²) >= 11 is 0. The molecule has 0 atom stereocenters. The van der Waals surface area contributed by atoms with Gasteiger partial charge in [-0.05, 0) is 58.9 Å². The minimum Gasteiger partial charge on any atom is -0.426 e. The molecule has 1 aromatic rings. The summed E-state index contributed by atoms with van der Waals surface area (Å²) in [5, 5.41) is 0. The van der Waals surface area contributed by atoms with Crippen molar-refractivity contribution in [2.75, 3.05) is 0 Å². The Labute approximate surface area is 150 Å². The van der Waals surface area contributed by atoms with E-state index in [-0.39, 0.29) is 17.3 Å². The fraction of sp³-hybridized carbons (Fsp3) is 0.545. The van der Waals surface area contributed by atoms with Crippen LogP contribution in [-0.4, -0.2) is 11.8 Å². The molecule has 0 radical (unpaired) electrons. The number of rotatable bonds is 2. The minimum atomic E-state index is -0.301. The highest BCUT2D eigenvalue weighted by molar-refractivity contribution is 5.98. The standard InChI is InChI=1S/C22H28O3/c1-13(2)17-10-15-6-7-19-18(20(24)8-9-22(19,4)5)11-16(15)12-21(17)25-14(3)23/h10,12-13H,6-9,11H2,1-5H3. The highest BCUT2D eigenvalue weighted by Crippen LogP contribution is 2.44. The molecule has 0 amide bonds. The number of ketones is 1. The van der Waals surface area contributed by atoms with Gasteiger partial charge in [-0.25, -0.2) is 0 Å². The van der Waals surface area contributed by atoms with Crippen molar-refractivity contribution in [1.82, 2.24) is 0 Å². The van der Waals surface area contributed by atoms with Gasteiger partial charge in [0.2, 0.25) is 0 Å². The summed E-state index contributed by atoms with van der Waals surface area (Å²) in [5.41, 5.74) is 5.93. The first-order valence-corrected chi connectivity index (χ1v) is 9.29. The molecule has 3 heteroatoms. The Bertz CT molecular complexity index is 766. The molecular formula is C22H28O3. The van der Waals surface area contributed by atoms with Gasteiger partial charge in [-0.1, -0.05) is 39.3 Å². The second-order valence-electron chi connectivity index (χ2n) is 8.35. The number of benzene rings is 1. The predicted molar refractivity (Wildman–Crippen MR) is 98.9 cm³/mol. The Kier molecular flexibility index (Phi) is 4.61. The zero-order chi connectivity index (χ0) is 18.4. The molecule has 3 rings (SSSR count). The van der Waals surface area contributed by atoms with Crippen molar-refractivity contribution in [3.8, 4) is 5.75 Å². The van der Waals surface area contributed by atoms with Crippen molar-refractivity contribution in [3.05, 3.63) is 40.0 Å². The lowest BCUT2D eigenvalue weighted by Crippen LogP contribution is -2.26. The van der Waals surface area contributed by atoms with Crippen molar-refractivity contribution < 1.29 is 14.3 Å². The number of carbonyl (C=O) groups is 2. The molecule has 1 aromatic carbocycles. The lowest BCUT2D eigenvalue weighted by atomic mass is 9.70. The third kappa shape index (κ3) is 3.42. The van der Waals surface area contributed by atoms with E-state index in [4.69, 9.17) is 4.74 Å². The number of carbonyl (C=O) groups excluding carboxylic acids is 2. The van der Waals surface area contributed by atoms with Crippen molar-refractivity contribution in [2.24, 2.45) is 5.41 Å². The summed E-state index contributed by atoms with van der Waals surface area (Å²) in [6.45, 7) is 10.2. The third-order valence-electron chi connectivity index (χ3n) is 5.71. The number of hydrogen-bond donors (Lipinski definition) is 0. The average molecular weight is 340 g/mol. The molecule has 0 saturated heterocycles. The highest BCUT2D eigenvalue weighted by atomic mass is 16.5. The van der Waals surface area contributed by atoms with Gasteiger partial charge in [-0.3, -0.25) is 9.59 Å². The van der Waals surface area contributed by atoms with Gasteiger partial charge in [0.15, 0.2) is 5.78 Å². The molecule has 0 aromatic heterocycles. The van der Waals surface area contributed by atoms with Gasteiger partial charge >= 0.3 is 5.97 Å². The number of allylic oxidation sites excluding steroid dienone is 2. The smallest absolute Gasteiger partial charge is 0.308 e. The van der Waals surface area contributed by atoms with Gasteiger partial charge in [0.25, 0.3) is 0 Å². The van der Waals surface area contributed by atoms with E-state index in [1.165, 1.54) is 18.1 Å². The van der Waals surface area contributed by atoms with Crippen LogP contribution >= 0.6 is 0 Å². The summed E-state index contributed by atoms with van der Waals surface area (Å²) in [4.78, 5) is 24.1. The number of hydrogen-bond acceptors (Lipinski definition) is 3. The molecule has 0 N–H and O–H groups in total. The molecule has 25 heavy (non-hydrogen) atoms. The molecule has 2 aliphatic carbocycles. The molecule has 0 fully saturated rings. The van der Waals surface area contributed by atoms with Crippen LogP contribution in [0.5, 0.6) is 5.75 Å². The lowest BCUT2D eigenvalue weighted by Gasteiger charge is -2.34. The molecule has 0 bridgehead atoms. The summed E-state index contributed by atoms with van der Waals surface area (Å²) in [6, 6.07) is 4.19. The Hall–Kier alpha value is -1.90. The molecule has 0 saturated carbocycles. The van der Waals surface area contributed by atoms with Gasteiger partial charge in [-0.15, -0.1) is 0 Å². The van der Waals surface area contributed by atoms with Crippen LogP contribution in [-0.2, 0) is 22.4 Å². The third-order valence-corrected chi connectivity index (χ3v) is 5.71. The van der Waals surface area contributed by atoms with Gasteiger partial charge in [0.05, 0.1) is 0 Å². The number of fused-ring (bicyclic) bond motifs is 1. The molecule has 0 unspecified atom stereocenters. The largest absolute Gasteiger partial charge is 0.426 e. The van der Waals surface area contributed by atoms with E-state index in [0.29, 0.717) is 24.4 Å². The Morgan fingerprint density at radius 2 is 1.84 bits per heavy atom. The predicted octanol–water partition coefficient (Wildman–Crippen LogP) is 4.91. The van der Waals surface area contributed by atoms with Crippen molar-refractivity contribution in [3.63, 3.8) is 0 Å². The SMILES string of the molecule is CC(=O)Oc1cc2c(cc1C(C)C)CCC1=C(C2)C(=O)CCC1(C)C. The minimum absolute atomic E-state index is 0.102. The molecule has 0 spiro atoms. The first-order chi connectivity index (χ1) is 11.7. The number of ether oxygens (including phenoxy) is 1. The number of Topliss-reactive ketones (excluding diaryl/α,β-unsaturated/α-hetero) is 1. The van der Waals surface area contributed by atoms with Gasteiger partial charge in [-0.2, -0.15) is 0 Å². The summed E-state index contributed by atoms with van der Waals surface area (Å²) in [7, 11) is 0. The van der Waals surface area contributed by atoms with Crippen LogP contribution in [0.2, 0.25) is 0 Å². The fourth-order valence-corrected chi connectivity index (χ4v) is 4.23. The van der Waals surface area contributed by atoms with Gasteiger partial charge in [0, 0.05) is 19.8 Å². The quantitative estimate of drug-likeness (QED) is 0.567. The van der Waals surface area contributed by atoms with Crippen molar-refractivity contribution >= 4 is 11.8 Å². The van der Waals surface area contributed by atoms with Crippen LogP contribution in [0.25, 0.3) is 0 Å². The normalized spacial score (nSPS) is 19.4.